The Morgan fingerprint density at radius 1 is 1.14 bits per heavy atom. The lowest BCUT2D eigenvalue weighted by atomic mass is 10.2. The molecule has 1 aromatic carbocycles. The average Bonchev–Trinajstić information content (AvgIpc) is 2.43. The first-order chi connectivity index (χ1) is 9.74. The van der Waals surface area contributed by atoms with Crippen molar-refractivity contribution < 1.29 is 16.8 Å². The van der Waals surface area contributed by atoms with E-state index in [9.17, 15) is 16.8 Å². The van der Waals surface area contributed by atoms with Crippen LogP contribution >= 0.6 is 0 Å². The van der Waals surface area contributed by atoms with Gasteiger partial charge in [-0.05, 0) is 6.07 Å². The van der Waals surface area contributed by atoms with Crippen molar-refractivity contribution in [2.24, 2.45) is 5.14 Å². The van der Waals surface area contributed by atoms with Crippen molar-refractivity contribution >= 4 is 30.8 Å². The van der Waals surface area contributed by atoms with Gasteiger partial charge in [-0.1, -0.05) is 18.2 Å². The predicted molar refractivity (Wildman–Crippen MR) is 76.5 cm³/mol. The number of aromatic nitrogens is 1. The molecule has 110 valence electrons. The number of primary sulfonamides is 1. The number of sulfonamides is 1. The minimum atomic E-state index is -3.98. The molecule has 0 bridgehead atoms. The van der Waals surface area contributed by atoms with Crippen LogP contribution in [-0.4, -0.2) is 33.3 Å². The second kappa shape index (κ2) is 5.40. The summed E-state index contributed by atoms with van der Waals surface area (Å²) < 4.78 is 46.7. The lowest BCUT2D eigenvalue weighted by Crippen LogP contribution is -2.23. The number of rotatable bonds is 4. The summed E-state index contributed by atoms with van der Waals surface area (Å²) >= 11 is 0. The molecule has 0 unspecified atom stereocenters. The Morgan fingerprint density at radius 2 is 1.81 bits per heavy atom. The van der Waals surface area contributed by atoms with Crippen LogP contribution in [0.5, 0.6) is 0 Å². The maximum atomic E-state index is 12.4. The highest BCUT2D eigenvalue weighted by Crippen LogP contribution is 2.25. The van der Waals surface area contributed by atoms with Gasteiger partial charge >= 0.3 is 0 Å². The Balaban J connectivity index is 2.67. The van der Waals surface area contributed by atoms with E-state index >= 15 is 0 Å². The van der Waals surface area contributed by atoms with E-state index in [2.05, 4.69) is 4.98 Å². The first kappa shape index (κ1) is 15.4. The SMILES string of the molecule is N#Cc1cnc2ccccc2c1S(=O)(=O)CCS(N)(=O)=O. The van der Waals surface area contributed by atoms with Gasteiger partial charge in [0.15, 0.2) is 9.84 Å². The first-order valence-electron chi connectivity index (χ1n) is 5.76. The number of nitrogens with two attached hydrogens (primary N) is 1. The number of hydrogen-bond acceptors (Lipinski definition) is 6. The molecule has 2 rings (SSSR count). The fourth-order valence-electron chi connectivity index (χ4n) is 1.86. The summed E-state index contributed by atoms with van der Waals surface area (Å²) in [4.78, 5) is 3.80. The monoisotopic (exact) mass is 325 g/mol. The fraction of sp³-hybridized carbons (Fsp3) is 0.167. The van der Waals surface area contributed by atoms with Crippen molar-refractivity contribution in [2.45, 2.75) is 4.90 Å². The first-order valence-corrected chi connectivity index (χ1v) is 9.12. The topological polar surface area (TPSA) is 131 Å². The number of nitriles is 1. The Hall–Kier alpha value is -2.02. The van der Waals surface area contributed by atoms with Crippen LogP contribution in [0, 0.1) is 11.3 Å². The molecule has 0 aliphatic carbocycles. The molecular formula is C12H11N3O4S2. The second-order valence-electron chi connectivity index (χ2n) is 4.32. The summed E-state index contributed by atoms with van der Waals surface area (Å²) in [6.45, 7) is 0. The van der Waals surface area contributed by atoms with Gasteiger partial charge in [-0.15, -0.1) is 0 Å². The van der Waals surface area contributed by atoms with Gasteiger partial charge in [0.1, 0.15) is 6.07 Å². The number of pyridine rings is 1. The molecule has 0 saturated heterocycles. The van der Waals surface area contributed by atoms with E-state index in [0.717, 1.165) is 6.20 Å². The van der Waals surface area contributed by atoms with Crippen LogP contribution in [0.4, 0.5) is 0 Å². The number of sulfone groups is 1. The summed E-state index contributed by atoms with van der Waals surface area (Å²) in [6.07, 6.45) is 1.16. The second-order valence-corrected chi connectivity index (χ2v) is 8.10. The van der Waals surface area contributed by atoms with Crippen LogP contribution in [0.15, 0.2) is 35.4 Å². The van der Waals surface area contributed by atoms with Crippen LogP contribution in [0.1, 0.15) is 5.56 Å². The third-order valence-electron chi connectivity index (χ3n) is 2.79. The molecule has 0 saturated carbocycles. The third kappa shape index (κ3) is 3.36. The van der Waals surface area contributed by atoms with Crippen LogP contribution in [0.3, 0.4) is 0 Å². The smallest absolute Gasteiger partial charge is 0.210 e. The normalized spacial score (nSPS) is 12.2. The lowest BCUT2D eigenvalue weighted by Gasteiger charge is -2.09. The molecule has 2 N–H and O–H groups in total. The number of nitrogens with zero attached hydrogens (tertiary/aromatic N) is 2. The van der Waals surface area contributed by atoms with Gasteiger partial charge < -0.3 is 0 Å². The largest absolute Gasteiger partial charge is 0.255 e. The molecule has 0 fully saturated rings. The predicted octanol–water partition coefficient (Wildman–Crippen LogP) is 0.169. The third-order valence-corrected chi connectivity index (χ3v) is 5.63. The van der Waals surface area contributed by atoms with E-state index in [1.165, 1.54) is 6.07 Å². The van der Waals surface area contributed by atoms with E-state index in [0.29, 0.717) is 5.52 Å². The molecule has 0 spiro atoms. The molecule has 0 atom stereocenters. The van der Waals surface area contributed by atoms with Gasteiger partial charge in [0.25, 0.3) is 0 Å². The van der Waals surface area contributed by atoms with E-state index in [-0.39, 0.29) is 15.8 Å². The van der Waals surface area contributed by atoms with Crippen LogP contribution in [0.2, 0.25) is 0 Å². The molecule has 21 heavy (non-hydrogen) atoms. The van der Waals surface area contributed by atoms with E-state index < -0.39 is 31.4 Å². The van der Waals surface area contributed by atoms with Crippen molar-refractivity contribution in [3.8, 4) is 6.07 Å². The van der Waals surface area contributed by atoms with Gasteiger partial charge in [-0.2, -0.15) is 5.26 Å². The summed E-state index contributed by atoms with van der Waals surface area (Å²) in [5.41, 5.74) is 0.286. The van der Waals surface area contributed by atoms with Crippen molar-refractivity contribution in [3.05, 3.63) is 36.0 Å². The number of benzene rings is 1. The quantitative estimate of drug-likeness (QED) is 0.852. The van der Waals surface area contributed by atoms with Crippen molar-refractivity contribution in [3.63, 3.8) is 0 Å². The van der Waals surface area contributed by atoms with Gasteiger partial charge in [0, 0.05) is 11.6 Å². The highest BCUT2D eigenvalue weighted by atomic mass is 32.2. The fourth-order valence-corrected chi connectivity index (χ4v) is 4.81. The van der Waals surface area contributed by atoms with Crippen molar-refractivity contribution in [1.82, 2.24) is 4.98 Å². The van der Waals surface area contributed by atoms with E-state index in [1.54, 1.807) is 24.3 Å². The Morgan fingerprint density at radius 3 is 2.43 bits per heavy atom. The summed E-state index contributed by atoms with van der Waals surface area (Å²) in [5, 5.41) is 14.2. The molecule has 9 heteroatoms. The summed E-state index contributed by atoms with van der Waals surface area (Å²) in [6, 6.07) is 8.19. The molecule has 1 heterocycles. The van der Waals surface area contributed by atoms with Crippen molar-refractivity contribution in [2.75, 3.05) is 11.5 Å². The van der Waals surface area contributed by atoms with Crippen LogP contribution < -0.4 is 5.14 Å². The molecular weight excluding hydrogens is 314 g/mol. The zero-order chi connectivity index (χ0) is 15.7. The molecule has 0 aliphatic rings. The Bertz CT molecular complexity index is 944. The zero-order valence-electron chi connectivity index (χ0n) is 10.7. The van der Waals surface area contributed by atoms with Crippen LogP contribution in [-0.2, 0) is 19.9 Å². The molecule has 2 aromatic rings. The number of hydrogen-bond donors (Lipinski definition) is 1. The molecule has 7 nitrogen and oxygen atoms in total. The summed E-state index contributed by atoms with van der Waals surface area (Å²) in [7, 11) is -7.90. The van der Waals surface area contributed by atoms with Gasteiger partial charge in [-0.3, -0.25) is 4.98 Å². The standard InChI is InChI=1S/C12H11N3O4S2/c13-7-9-8-15-11-4-2-1-3-10(11)12(9)20(16,17)5-6-21(14,18)19/h1-4,8H,5-6H2,(H2,14,18,19). The summed E-state index contributed by atoms with van der Waals surface area (Å²) in [5.74, 6) is -1.40. The maximum Gasteiger partial charge on any atom is 0.210 e. The highest BCUT2D eigenvalue weighted by molar-refractivity contribution is 7.94. The Labute approximate surface area is 122 Å². The van der Waals surface area contributed by atoms with Gasteiger partial charge in [0.05, 0.1) is 27.5 Å². The number of fused-ring (bicyclic) bond motifs is 1. The Kier molecular flexibility index (Phi) is 3.95. The average molecular weight is 325 g/mol. The van der Waals surface area contributed by atoms with Crippen molar-refractivity contribution in [1.29, 1.82) is 5.26 Å². The van der Waals surface area contributed by atoms with Crippen LogP contribution in [0.25, 0.3) is 10.9 Å². The molecule has 0 aliphatic heterocycles. The van der Waals surface area contributed by atoms with Gasteiger partial charge in [0.2, 0.25) is 10.0 Å². The minimum absolute atomic E-state index is 0.122. The highest BCUT2D eigenvalue weighted by Gasteiger charge is 2.24. The zero-order valence-corrected chi connectivity index (χ0v) is 12.4. The lowest BCUT2D eigenvalue weighted by molar-refractivity contribution is 0.588. The molecule has 0 amide bonds. The van der Waals surface area contributed by atoms with E-state index in [4.69, 9.17) is 10.4 Å². The maximum absolute atomic E-state index is 12.4. The minimum Gasteiger partial charge on any atom is -0.255 e. The van der Waals surface area contributed by atoms with Gasteiger partial charge in [-0.25, -0.2) is 22.0 Å². The molecule has 1 aromatic heterocycles. The molecule has 0 radical (unpaired) electrons. The number of para-hydroxylation sites is 1. The van der Waals surface area contributed by atoms with E-state index in [1.807, 2.05) is 0 Å².